The summed E-state index contributed by atoms with van der Waals surface area (Å²) in [6, 6.07) is 11.2. The molecule has 156 valence electrons. The highest BCUT2D eigenvalue weighted by Gasteiger charge is 2.15. The van der Waals surface area contributed by atoms with Gasteiger partial charge in [-0.2, -0.15) is 5.10 Å². The Hall–Kier alpha value is -3.11. The minimum Gasteiger partial charge on any atom is -0.497 e. The Kier molecular flexibility index (Phi) is 7.18. The third-order valence-corrected chi connectivity index (χ3v) is 5.42. The number of hydrogen-bond donors (Lipinski definition) is 1. The van der Waals surface area contributed by atoms with Crippen molar-refractivity contribution in [3.05, 3.63) is 48.7 Å². The molecule has 3 N–H and O–H groups in total. The van der Waals surface area contributed by atoms with Crippen LogP contribution >= 0.6 is 0 Å². The van der Waals surface area contributed by atoms with Crippen LogP contribution in [0.4, 0.5) is 5.69 Å². The molecule has 2 aromatic carbocycles. The largest absolute Gasteiger partial charge is 0.497 e. The Morgan fingerprint density at radius 1 is 1.17 bits per heavy atom. The fraction of sp³-hybridized carbons (Fsp3) is 0.263. The summed E-state index contributed by atoms with van der Waals surface area (Å²) in [7, 11) is -2.21. The van der Waals surface area contributed by atoms with Crippen LogP contribution in [0.1, 0.15) is 13.3 Å². The molecule has 0 spiro atoms. The summed E-state index contributed by atoms with van der Waals surface area (Å²) in [6.45, 7) is 2.49. The predicted octanol–water partition coefficient (Wildman–Crippen LogP) is 1.97. The molecule has 29 heavy (non-hydrogen) atoms. The van der Waals surface area contributed by atoms with E-state index in [0.29, 0.717) is 30.1 Å². The Labute approximate surface area is 168 Å². The lowest BCUT2D eigenvalue weighted by Gasteiger charge is -2.08. The molecular formula is C19H23N3O6S. The number of benzene rings is 2. The van der Waals surface area contributed by atoms with Gasteiger partial charge in [0.2, 0.25) is 0 Å². The molecule has 3 rings (SSSR count). The van der Waals surface area contributed by atoms with Gasteiger partial charge < -0.3 is 14.9 Å². The van der Waals surface area contributed by atoms with Gasteiger partial charge in [0.15, 0.2) is 0 Å². The van der Waals surface area contributed by atoms with Crippen LogP contribution in [0.25, 0.3) is 10.9 Å². The summed E-state index contributed by atoms with van der Waals surface area (Å²) in [6.07, 6.45) is 2.02. The number of aryl methyl sites for hydroxylation is 1. The van der Waals surface area contributed by atoms with Crippen LogP contribution in [0.15, 0.2) is 53.6 Å². The number of nitrogens with zero attached hydrogens (tertiary/aromatic N) is 2. The van der Waals surface area contributed by atoms with Crippen molar-refractivity contribution in [2.45, 2.75) is 24.8 Å². The molecule has 3 aromatic rings. The summed E-state index contributed by atoms with van der Waals surface area (Å²) in [5, 5.41) is 5.23. The predicted molar refractivity (Wildman–Crippen MR) is 108 cm³/mol. The molecule has 0 saturated carbocycles. The van der Waals surface area contributed by atoms with Gasteiger partial charge in [0.25, 0.3) is 10.0 Å². The highest BCUT2D eigenvalue weighted by atomic mass is 32.2. The lowest BCUT2D eigenvalue weighted by Crippen LogP contribution is -2.12. The van der Waals surface area contributed by atoms with E-state index in [0.717, 1.165) is 5.39 Å². The average molecular weight is 421 g/mol. The van der Waals surface area contributed by atoms with E-state index in [2.05, 4.69) is 9.82 Å². The summed E-state index contributed by atoms with van der Waals surface area (Å²) in [5.41, 5.74) is 1.03. The summed E-state index contributed by atoms with van der Waals surface area (Å²) < 4.78 is 39.2. The Morgan fingerprint density at radius 3 is 2.55 bits per heavy atom. The van der Waals surface area contributed by atoms with Crippen LogP contribution in [-0.2, 0) is 26.1 Å². The van der Waals surface area contributed by atoms with Crippen LogP contribution < -0.4 is 9.46 Å². The number of hydrogen-bond acceptors (Lipinski definition) is 6. The van der Waals surface area contributed by atoms with Crippen LogP contribution in [0, 0.1) is 0 Å². The van der Waals surface area contributed by atoms with Crippen molar-refractivity contribution in [3.63, 3.8) is 0 Å². The minimum absolute atomic E-state index is 0. The van der Waals surface area contributed by atoms with Gasteiger partial charge in [0, 0.05) is 11.6 Å². The molecule has 0 amide bonds. The molecule has 10 heteroatoms. The number of methoxy groups -OCH3 is 1. The smallest absolute Gasteiger partial charge is 0.307 e. The van der Waals surface area contributed by atoms with Gasteiger partial charge in [-0.1, -0.05) is 0 Å². The molecule has 0 fully saturated rings. The van der Waals surface area contributed by atoms with Gasteiger partial charge >= 0.3 is 5.97 Å². The maximum Gasteiger partial charge on any atom is 0.307 e. The number of carbonyl (C=O) groups is 1. The molecule has 0 radical (unpaired) electrons. The van der Waals surface area contributed by atoms with Crippen molar-refractivity contribution in [3.8, 4) is 5.75 Å². The first-order valence-corrected chi connectivity index (χ1v) is 10.2. The Bertz CT molecular complexity index is 1080. The van der Waals surface area contributed by atoms with Crippen molar-refractivity contribution >= 4 is 32.6 Å². The minimum atomic E-state index is -3.73. The lowest BCUT2D eigenvalue weighted by atomic mass is 10.2. The quantitative estimate of drug-likeness (QED) is 0.553. The molecule has 0 saturated heterocycles. The monoisotopic (exact) mass is 421 g/mol. The molecule has 0 unspecified atom stereocenters. The topological polar surface area (TPSA) is 131 Å². The maximum atomic E-state index is 12.6. The molecule has 0 atom stereocenters. The fourth-order valence-electron chi connectivity index (χ4n) is 2.65. The first-order valence-electron chi connectivity index (χ1n) is 8.71. The number of nitrogens with one attached hydrogen (secondary N) is 1. The van der Waals surface area contributed by atoms with E-state index in [-0.39, 0.29) is 22.8 Å². The zero-order valence-corrected chi connectivity index (χ0v) is 16.9. The van der Waals surface area contributed by atoms with E-state index in [1.807, 2.05) is 0 Å². The van der Waals surface area contributed by atoms with Crippen molar-refractivity contribution in [1.82, 2.24) is 9.78 Å². The number of aromatic nitrogens is 2. The highest BCUT2D eigenvalue weighted by Crippen LogP contribution is 2.22. The molecule has 1 aromatic heterocycles. The van der Waals surface area contributed by atoms with Gasteiger partial charge in [0.05, 0.1) is 42.8 Å². The summed E-state index contributed by atoms with van der Waals surface area (Å²) in [5.74, 6) is 0.295. The highest BCUT2D eigenvalue weighted by molar-refractivity contribution is 7.92. The van der Waals surface area contributed by atoms with Crippen LogP contribution in [-0.4, -0.2) is 43.4 Å². The standard InChI is InChI=1S/C19H21N3O5S.H2O/c1-3-27-19(23)10-11-22-13-14-4-5-15(12-18(14)20-22)21-28(24,25)17-8-6-16(26-2)7-9-17;/h4-9,12-13,21H,3,10-11H2,1-2H3;1H2. The summed E-state index contributed by atoms with van der Waals surface area (Å²) in [4.78, 5) is 11.6. The van der Waals surface area contributed by atoms with E-state index < -0.39 is 10.0 Å². The van der Waals surface area contributed by atoms with Crippen LogP contribution in [0.3, 0.4) is 0 Å². The van der Waals surface area contributed by atoms with E-state index in [4.69, 9.17) is 9.47 Å². The van der Waals surface area contributed by atoms with Gasteiger partial charge in [-0.15, -0.1) is 0 Å². The van der Waals surface area contributed by atoms with Gasteiger partial charge in [-0.3, -0.25) is 14.2 Å². The third kappa shape index (κ3) is 5.46. The molecule has 0 aliphatic carbocycles. The number of esters is 1. The second-order valence-electron chi connectivity index (χ2n) is 6.00. The van der Waals surface area contributed by atoms with Crippen molar-refractivity contribution in [1.29, 1.82) is 0 Å². The van der Waals surface area contributed by atoms with E-state index in [1.165, 1.54) is 19.2 Å². The number of rotatable bonds is 8. The van der Waals surface area contributed by atoms with Crippen LogP contribution in [0.5, 0.6) is 5.75 Å². The summed E-state index contributed by atoms with van der Waals surface area (Å²) >= 11 is 0. The molecule has 0 aliphatic rings. The van der Waals surface area contributed by atoms with Crippen molar-refractivity contribution in [2.75, 3.05) is 18.4 Å². The number of sulfonamides is 1. The molecule has 0 bridgehead atoms. The number of carbonyl (C=O) groups excluding carboxylic acids is 1. The van der Waals surface area contributed by atoms with Gasteiger partial charge in [-0.05, 0) is 49.4 Å². The average Bonchev–Trinajstić information content (AvgIpc) is 3.08. The fourth-order valence-corrected chi connectivity index (χ4v) is 3.70. The molecule has 1 heterocycles. The van der Waals surface area contributed by atoms with Crippen LogP contribution in [0.2, 0.25) is 0 Å². The second kappa shape index (κ2) is 9.39. The Morgan fingerprint density at radius 2 is 1.90 bits per heavy atom. The van der Waals surface area contributed by atoms with Gasteiger partial charge in [0.1, 0.15) is 5.75 Å². The van der Waals surface area contributed by atoms with Crippen molar-refractivity contribution < 1.29 is 28.2 Å². The number of ether oxygens (including phenoxy) is 2. The maximum absolute atomic E-state index is 12.6. The zero-order valence-electron chi connectivity index (χ0n) is 16.1. The number of fused-ring (bicyclic) bond motifs is 1. The van der Waals surface area contributed by atoms with Gasteiger partial charge in [-0.25, -0.2) is 8.42 Å². The second-order valence-corrected chi connectivity index (χ2v) is 7.68. The first-order chi connectivity index (χ1) is 13.4. The third-order valence-electron chi connectivity index (χ3n) is 4.03. The molecule has 0 aliphatic heterocycles. The SMILES string of the molecule is CCOC(=O)CCn1cc2ccc(NS(=O)(=O)c3ccc(OC)cc3)cc2n1.O. The van der Waals surface area contributed by atoms with Crippen molar-refractivity contribution in [2.24, 2.45) is 0 Å². The first kappa shape index (κ1) is 22.2. The van der Waals surface area contributed by atoms with E-state index >= 15 is 0 Å². The van der Waals surface area contributed by atoms with E-state index in [9.17, 15) is 13.2 Å². The Balaban J connectivity index is 0.00000300. The molecular weight excluding hydrogens is 398 g/mol. The van der Waals surface area contributed by atoms with E-state index in [1.54, 1.807) is 48.1 Å². The normalized spacial score (nSPS) is 11.0. The number of anilines is 1. The molecule has 9 nitrogen and oxygen atoms in total. The zero-order chi connectivity index (χ0) is 20.1. The lowest BCUT2D eigenvalue weighted by molar-refractivity contribution is -0.143.